The molecule has 0 spiro atoms. The van der Waals surface area contributed by atoms with Crippen molar-refractivity contribution in [1.82, 2.24) is 0 Å². The van der Waals surface area contributed by atoms with E-state index in [0.29, 0.717) is 6.42 Å². The number of unbranched alkanes of at least 4 members (excludes halogenated alkanes) is 9. The number of benzene rings is 1. The minimum absolute atomic E-state index is 0.0134. The molecule has 1 heterocycles. The number of rotatable bonds is 12. The van der Waals surface area contributed by atoms with E-state index >= 15 is 0 Å². The summed E-state index contributed by atoms with van der Waals surface area (Å²) < 4.78 is 5.57. The van der Waals surface area contributed by atoms with Crippen molar-refractivity contribution in [1.29, 1.82) is 0 Å². The van der Waals surface area contributed by atoms with Gasteiger partial charge in [-0.3, -0.25) is 4.79 Å². The first-order valence-electron chi connectivity index (χ1n) is 10.6. The summed E-state index contributed by atoms with van der Waals surface area (Å²) in [6.45, 7) is 2.27. The minimum atomic E-state index is -0.0370. The van der Waals surface area contributed by atoms with Crippen molar-refractivity contribution in [2.75, 3.05) is 0 Å². The molecular weight excluding hydrogens is 308 g/mol. The lowest BCUT2D eigenvalue weighted by Crippen LogP contribution is -2.18. The number of aryl methyl sites for hydroxylation is 1. The normalized spacial score (nSPS) is 17.5. The van der Waals surface area contributed by atoms with Gasteiger partial charge in [0.05, 0.1) is 0 Å². The van der Waals surface area contributed by atoms with Crippen LogP contribution in [-0.2, 0) is 16.0 Å². The second-order valence-corrected chi connectivity index (χ2v) is 7.50. The molecule has 1 saturated heterocycles. The Morgan fingerprint density at radius 1 is 0.920 bits per heavy atom. The summed E-state index contributed by atoms with van der Waals surface area (Å²) in [5.74, 6) is -0.0370. The molecule has 0 aliphatic carbocycles. The molecule has 2 nitrogen and oxygen atoms in total. The summed E-state index contributed by atoms with van der Waals surface area (Å²) in [4.78, 5) is 11.6. The monoisotopic (exact) mass is 344 g/mol. The molecule has 1 aliphatic heterocycles. The van der Waals surface area contributed by atoms with Gasteiger partial charge in [-0.25, -0.2) is 0 Å². The predicted octanol–water partition coefficient (Wildman–Crippen LogP) is 6.92. The van der Waals surface area contributed by atoms with Crippen LogP contribution in [0.3, 0.4) is 0 Å². The summed E-state index contributed by atoms with van der Waals surface area (Å²) in [6, 6.07) is 8.54. The van der Waals surface area contributed by atoms with Gasteiger partial charge in [-0.05, 0) is 36.8 Å². The highest BCUT2D eigenvalue weighted by atomic mass is 16.5. The second kappa shape index (κ2) is 12.1. The van der Waals surface area contributed by atoms with Crippen molar-refractivity contribution in [3.05, 3.63) is 35.4 Å². The van der Waals surface area contributed by atoms with Gasteiger partial charge in [-0.1, -0.05) is 89.0 Å². The Balaban J connectivity index is 1.63. The summed E-state index contributed by atoms with van der Waals surface area (Å²) in [6.07, 6.45) is 17.3. The van der Waals surface area contributed by atoms with Gasteiger partial charge < -0.3 is 4.74 Å². The maximum Gasteiger partial charge on any atom is 0.306 e. The second-order valence-electron chi connectivity index (χ2n) is 7.50. The lowest BCUT2D eigenvalue weighted by atomic mass is 9.93. The Kier molecular flexibility index (Phi) is 9.69. The van der Waals surface area contributed by atoms with Crippen molar-refractivity contribution < 1.29 is 9.53 Å². The first-order valence-corrected chi connectivity index (χ1v) is 10.6. The fourth-order valence-corrected chi connectivity index (χ4v) is 3.81. The highest BCUT2D eigenvalue weighted by Gasteiger charge is 2.23. The van der Waals surface area contributed by atoms with Crippen LogP contribution in [0.4, 0.5) is 0 Å². The number of hydrogen-bond donors (Lipinski definition) is 0. The molecule has 0 amide bonds. The third-order valence-electron chi connectivity index (χ3n) is 5.32. The van der Waals surface area contributed by atoms with E-state index in [-0.39, 0.29) is 12.1 Å². The molecule has 0 bridgehead atoms. The topological polar surface area (TPSA) is 26.3 Å². The van der Waals surface area contributed by atoms with Crippen LogP contribution in [0.15, 0.2) is 24.3 Å². The van der Waals surface area contributed by atoms with Gasteiger partial charge in [0.25, 0.3) is 0 Å². The van der Waals surface area contributed by atoms with E-state index in [1.54, 1.807) is 0 Å². The molecule has 1 atom stereocenters. The molecular formula is C23H36O2. The van der Waals surface area contributed by atoms with Gasteiger partial charge in [-0.2, -0.15) is 0 Å². The van der Waals surface area contributed by atoms with E-state index in [1.165, 1.54) is 75.3 Å². The van der Waals surface area contributed by atoms with Gasteiger partial charge in [0.15, 0.2) is 0 Å². The average molecular weight is 345 g/mol. The van der Waals surface area contributed by atoms with Crippen molar-refractivity contribution >= 4 is 5.97 Å². The maximum atomic E-state index is 11.6. The molecule has 1 aromatic carbocycles. The summed E-state index contributed by atoms with van der Waals surface area (Å²) >= 11 is 0. The van der Waals surface area contributed by atoms with Gasteiger partial charge in [0, 0.05) is 6.42 Å². The Morgan fingerprint density at radius 3 is 2.24 bits per heavy atom. The first kappa shape index (κ1) is 20.0. The molecule has 0 radical (unpaired) electrons. The third-order valence-corrected chi connectivity index (χ3v) is 5.32. The molecule has 2 heteroatoms. The summed E-state index contributed by atoms with van der Waals surface area (Å²) in [5, 5.41) is 0. The maximum absolute atomic E-state index is 11.6. The smallest absolute Gasteiger partial charge is 0.306 e. The third kappa shape index (κ3) is 7.63. The lowest BCUT2D eigenvalue weighted by Gasteiger charge is -2.24. The van der Waals surface area contributed by atoms with Crippen molar-refractivity contribution in [3.8, 4) is 0 Å². The van der Waals surface area contributed by atoms with Crippen LogP contribution in [0.2, 0.25) is 0 Å². The number of hydrogen-bond acceptors (Lipinski definition) is 2. The fraction of sp³-hybridized carbons (Fsp3) is 0.696. The minimum Gasteiger partial charge on any atom is -0.457 e. The molecule has 0 N–H and O–H groups in total. The molecule has 1 unspecified atom stereocenters. The lowest BCUT2D eigenvalue weighted by molar-refractivity contribution is -0.154. The number of carbonyl (C=O) groups excluding carboxylic acids is 1. The number of cyclic esters (lactones) is 1. The van der Waals surface area contributed by atoms with E-state index in [4.69, 9.17) is 4.74 Å². The number of ether oxygens (including phenoxy) is 1. The van der Waals surface area contributed by atoms with E-state index in [2.05, 4.69) is 31.2 Å². The molecule has 0 aromatic heterocycles. The van der Waals surface area contributed by atoms with Crippen molar-refractivity contribution in [3.63, 3.8) is 0 Å². The number of esters is 1. The highest BCUT2D eigenvalue weighted by molar-refractivity contribution is 5.70. The first-order chi connectivity index (χ1) is 12.3. The summed E-state index contributed by atoms with van der Waals surface area (Å²) in [7, 11) is 0. The van der Waals surface area contributed by atoms with E-state index < -0.39 is 0 Å². The Morgan fingerprint density at radius 2 is 1.56 bits per heavy atom. The van der Waals surface area contributed by atoms with Crippen molar-refractivity contribution in [2.24, 2.45) is 0 Å². The zero-order valence-corrected chi connectivity index (χ0v) is 16.1. The van der Waals surface area contributed by atoms with Crippen LogP contribution in [0.25, 0.3) is 0 Å². The van der Waals surface area contributed by atoms with Crippen LogP contribution in [0.1, 0.15) is 108 Å². The van der Waals surface area contributed by atoms with Gasteiger partial charge >= 0.3 is 5.97 Å². The Bertz CT molecular complexity index is 495. The molecule has 2 rings (SSSR count). The SMILES string of the molecule is CCCCCCCCCCCCc1ccccc1C1CCCC(=O)O1. The largest absolute Gasteiger partial charge is 0.457 e. The number of carbonyl (C=O) groups is 1. The van der Waals surface area contributed by atoms with Crippen LogP contribution in [0, 0.1) is 0 Å². The van der Waals surface area contributed by atoms with E-state index in [0.717, 1.165) is 19.3 Å². The molecule has 25 heavy (non-hydrogen) atoms. The standard InChI is InChI=1S/C23H36O2/c1-2-3-4-5-6-7-8-9-10-11-15-20-16-12-13-17-21(20)22-18-14-19-23(24)25-22/h12-13,16-17,22H,2-11,14-15,18-19H2,1H3. The molecule has 1 aromatic rings. The van der Waals surface area contributed by atoms with Gasteiger partial charge in [-0.15, -0.1) is 0 Å². The van der Waals surface area contributed by atoms with Crippen LogP contribution in [-0.4, -0.2) is 5.97 Å². The van der Waals surface area contributed by atoms with Crippen molar-refractivity contribution in [2.45, 2.75) is 103 Å². The molecule has 0 saturated carbocycles. The van der Waals surface area contributed by atoms with E-state index in [1.807, 2.05) is 0 Å². The Labute approximate surface area is 154 Å². The van der Waals surface area contributed by atoms with Crippen LogP contribution >= 0.6 is 0 Å². The molecule has 1 aliphatic rings. The zero-order chi connectivity index (χ0) is 17.7. The van der Waals surface area contributed by atoms with Gasteiger partial charge in [0.1, 0.15) is 6.10 Å². The summed E-state index contributed by atoms with van der Waals surface area (Å²) in [5.41, 5.74) is 2.62. The quantitative estimate of drug-likeness (QED) is 0.304. The van der Waals surface area contributed by atoms with E-state index in [9.17, 15) is 4.79 Å². The Hall–Kier alpha value is -1.31. The van der Waals surface area contributed by atoms with Crippen LogP contribution in [0.5, 0.6) is 0 Å². The highest BCUT2D eigenvalue weighted by Crippen LogP contribution is 2.31. The van der Waals surface area contributed by atoms with Crippen LogP contribution < -0.4 is 0 Å². The molecule has 140 valence electrons. The zero-order valence-electron chi connectivity index (χ0n) is 16.1. The van der Waals surface area contributed by atoms with Gasteiger partial charge in [0.2, 0.25) is 0 Å². The average Bonchev–Trinajstić information content (AvgIpc) is 2.63. The fourth-order valence-electron chi connectivity index (χ4n) is 3.81. The predicted molar refractivity (Wildman–Crippen MR) is 105 cm³/mol. The molecule has 1 fully saturated rings.